The van der Waals surface area contributed by atoms with Crippen LogP contribution in [0.25, 0.3) is 0 Å². The Kier molecular flexibility index (Phi) is 6.00. The first-order valence-corrected chi connectivity index (χ1v) is 9.08. The standard InChI is InChI=1S/C21H26N2O3/c1-16-6-11-19(20(14-16)25-2)26-15-21(24)22-17-7-9-18(10-8-17)23-12-4-3-5-13-23/h6-11,14H,3-5,12-13,15H2,1-2H3,(H,22,24). The normalized spacial score (nSPS) is 14.0. The molecule has 2 aromatic rings. The van der Waals surface area contributed by atoms with Crippen molar-refractivity contribution in [3.05, 3.63) is 48.0 Å². The van der Waals surface area contributed by atoms with Gasteiger partial charge in [-0.1, -0.05) is 6.07 Å². The lowest BCUT2D eigenvalue weighted by molar-refractivity contribution is -0.118. The number of ether oxygens (including phenoxy) is 2. The SMILES string of the molecule is COc1cc(C)ccc1OCC(=O)Nc1ccc(N2CCCCC2)cc1. The van der Waals surface area contributed by atoms with Gasteiger partial charge in [0.15, 0.2) is 18.1 Å². The molecule has 2 aromatic carbocycles. The molecule has 1 amide bonds. The Morgan fingerprint density at radius 1 is 1.04 bits per heavy atom. The number of anilines is 2. The van der Waals surface area contributed by atoms with Crippen LogP contribution in [0.4, 0.5) is 11.4 Å². The smallest absolute Gasteiger partial charge is 0.262 e. The molecular weight excluding hydrogens is 328 g/mol. The van der Waals surface area contributed by atoms with Crippen molar-refractivity contribution in [2.75, 3.05) is 37.0 Å². The van der Waals surface area contributed by atoms with Crippen LogP contribution >= 0.6 is 0 Å². The highest BCUT2D eigenvalue weighted by Crippen LogP contribution is 2.27. The molecule has 1 aliphatic heterocycles. The summed E-state index contributed by atoms with van der Waals surface area (Å²) >= 11 is 0. The fourth-order valence-electron chi connectivity index (χ4n) is 3.14. The van der Waals surface area contributed by atoms with Crippen LogP contribution in [0.2, 0.25) is 0 Å². The van der Waals surface area contributed by atoms with Gasteiger partial charge in [0.05, 0.1) is 7.11 Å². The minimum absolute atomic E-state index is 0.0622. The Balaban J connectivity index is 1.53. The van der Waals surface area contributed by atoms with Crippen LogP contribution in [0.5, 0.6) is 11.5 Å². The number of hydrogen-bond donors (Lipinski definition) is 1. The average molecular weight is 354 g/mol. The fourth-order valence-corrected chi connectivity index (χ4v) is 3.14. The van der Waals surface area contributed by atoms with Gasteiger partial charge in [-0.15, -0.1) is 0 Å². The maximum absolute atomic E-state index is 12.2. The number of amides is 1. The van der Waals surface area contributed by atoms with Crippen molar-refractivity contribution < 1.29 is 14.3 Å². The highest BCUT2D eigenvalue weighted by molar-refractivity contribution is 5.92. The van der Waals surface area contributed by atoms with Gasteiger partial charge in [0.1, 0.15) is 0 Å². The Morgan fingerprint density at radius 3 is 2.46 bits per heavy atom. The Morgan fingerprint density at radius 2 is 1.77 bits per heavy atom. The highest BCUT2D eigenvalue weighted by atomic mass is 16.5. The summed E-state index contributed by atoms with van der Waals surface area (Å²) in [6.45, 7) is 4.13. The van der Waals surface area contributed by atoms with E-state index in [0.717, 1.165) is 24.3 Å². The fraction of sp³-hybridized carbons (Fsp3) is 0.381. The Labute approximate surface area is 154 Å². The van der Waals surface area contributed by atoms with Crippen LogP contribution in [0.3, 0.4) is 0 Å². The number of hydrogen-bond acceptors (Lipinski definition) is 4. The lowest BCUT2D eigenvalue weighted by Gasteiger charge is -2.28. The van der Waals surface area contributed by atoms with Crippen molar-refractivity contribution in [2.24, 2.45) is 0 Å². The largest absolute Gasteiger partial charge is 0.493 e. The van der Waals surface area contributed by atoms with Crippen LogP contribution < -0.4 is 19.7 Å². The van der Waals surface area contributed by atoms with Gasteiger partial charge >= 0.3 is 0 Å². The summed E-state index contributed by atoms with van der Waals surface area (Å²) in [6, 6.07) is 13.6. The number of piperidine rings is 1. The van der Waals surface area contributed by atoms with E-state index in [4.69, 9.17) is 9.47 Å². The Bertz CT molecular complexity index is 737. The number of aryl methyl sites for hydroxylation is 1. The third-order valence-electron chi connectivity index (χ3n) is 4.55. The zero-order valence-corrected chi connectivity index (χ0v) is 15.5. The van der Waals surface area contributed by atoms with Crippen molar-refractivity contribution in [2.45, 2.75) is 26.2 Å². The summed E-state index contributed by atoms with van der Waals surface area (Å²) in [4.78, 5) is 14.5. The van der Waals surface area contributed by atoms with Gasteiger partial charge in [-0.3, -0.25) is 4.79 Å². The average Bonchev–Trinajstić information content (AvgIpc) is 2.68. The number of carbonyl (C=O) groups excluding carboxylic acids is 1. The molecule has 1 saturated heterocycles. The van der Waals surface area contributed by atoms with Crippen LogP contribution in [-0.2, 0) is 4.79 Å². The first kappa shape index (κ1) is 18.1. The third kappa shape index (κ3) is 4.69. The number of nitrogens with zero attached hydrogens (tertiary/aromatic N) is 1. The number of carbonyl (C=O) groups is 1. The molecule has 5 heteroatoms. The Hall–Kier alpha value is -2.69. The maximum atomic E-state index is 12.2. The first-order valence-electron chi connectivity index (χ1n) is 9.08. The van der Waals surface area contributed by atoms with Crippen molar-refractivity contribution in [1.29, 1.82) is 0 Å². The first-order chi connectivity index (χ1) is 12.7. The quantitative estimate of drug-likeness (QED) is 0.851. The molecule has 1 heterocycles. The van der Waals surface area contributed by atoms with E-state index in [-0.39, 0.29) is 12.5 Å². The lowest BCUT2D eigenvalue weighted by atomic mass is 10.1. The number of rotatable bonds is 6. The van der Waals surface area contributed by atoms with Gasteiger partial charge in [-0.2, -0.15) is 0 Å². The molecule has 0 aromatic heterocycles. The number of benzene rings is 2. The summed E-state index contributed by atoms with van der Waals surface area (Å²) in [6.07, 6.45) is 3.81. The molecule has 1 aliphatic rings. The van der Waals surface area contributed by atoms with Gasteiger partial charge in [0.2, 0.25) is 0 Å². The van der Waals surface area contributed by atoms with E-state index in [1.807, 2.05) is 37.3 Å². The van der Waals surface area contributed by atoms with Crippen LogP contribution in [-0.4, -0.2) is 32.7 Å². The highest BCUT2D eigenvalue weighted by Gasteiger charge is 2.11. The van der Waals surface area contributed by atoms with Crippen molar-refractivity contribution >= 4 is 17.3 Å². The van der Waals surface area contributed by atoms with Crippen molar-refractivity contribution in [3.8, 4) is 11.5 Å². The minimum Gasteiger partial charge on any atom is -0.493 e. The summed E-state index contributed by atoms with van der Waals surface area (Å²) in [5, 5.41) is 2.87. The van der Waals surface area contributed by atoms with Gasteiger partial charge in [-0.05, 0) is 68.1 Å². The maximum Gasteiger partial charge on any atom is 0.262 e. The topological polar surface area (TPSA) is 50.8 Å². The second kappa shape index (κ2) is 8.61. The zero-order valence-electron chi connectivity index (χ0n) is 15.5. The molecule has 26 heavy (non-hydrogen) atoms. The third-order valence-corrected chi connectivity index (χ3v) is 4.55. The lowest BCUT2D eigenvalue weighted by Crippen LogP contribution is -2.29. The molecule has 3 rings (SSSR count). The predicted molar refractivity (Wildman–Crippen MR) is 104 cm³/mol. The molecule has 138 valence electrons. The molecule has 0 saturated carbocycles. The minimum atomic E-state index is -0.196. The zero-order chi connectivity index (χ0) is 18.4. The molecular formula is C21H26N2O3. The molecule has 0 spiro atoms. The molecule has 5 nitrogen and oxygen atoms in total. The molecule has 0 unspecified atom stereocenters. The number of nitrogens with one attached hydrogen (secondary N) is 1. The van der Waals surface area contributed by atoms with Crippen LogP contribution in [0.15, 0.2) is 42.5 Å². The van der Waals surface area contributed by atoms with E-state index in [9.17, 15) is 4.79 Å². The molecule has 0 aliphatic carbocycles. The van der Waals surface area contributed by atoms with Gasteiger partial charge in [0, 0.05) is 24.5 Å². The number of methoxy groups -OCH3 is 1. The van der Waals surface area contributed by atoms with E-state index in [2.05, 4.69) is 22.3 Å². The van der Waals surface area contributed by atoms with Crippen molar-refractivity contribution in [3.63, 3.8) is 0 Å². The van der Waals surface area contributed by atoms with Gasteiger partial charge in [-0.25, -0.2) is 0 Å². The van der Waals surface area contributed by atoms with E-state index < -0.39 is 0 Å². The van der Waals surface area contributed by atoms with Gasteiger partial charge < -0.3 is 19.7 Å². The summed E-state index contributed by atoms with van der Waals surface area (Å²) in [5.41, 5.74) is 3.06. The van der Waals surface area contributed by atoms with E-state index in [1.165, 1.54) is 24.9 Å². The van der Waals surface area contributed by atoms with Crippen LogP contribution in [0.1, 0.15) is 24.8 Å². The van der Waals surface area contributed by atoms with E-state index >= 15 is 0 Å². The molecule has 0 radical (unpaired) electrons. The molecule has 0 bridgehead atoms. The predicted octanol–water partition coefficient (Wildman–Crippen LogP) is 4.01. The molecule has 1 N–H and O–H groups in total. The van der Waals surface area contributed by atoms with Crippen LogP contribution in [0, 0.1) is 6.92 Å². The van der Waals surface area contributed by atoms with Crippen molar-refractivity contribution in [1.82, 2.24) is 0 Å². The van der Waals surface area contributed by atoms with Gasteiger partial charge in [0.25, 0.3) is 5.91 Å². The molecule has 0 atom stereocenters. The monoisotopic (exact) mass is 354 g/mol. The summed E-state index contributed by atoms with van der Waals surface area (Å²) < 4.78 is 10.9. The second-order valence-corrected chi connectivity index (χ2v) is 6.59. The summed E-state index contributed by atoms with van der Waals surface area (Å²) in [7, 11) is 1.59. The summed E-state index contributed by atoms with van der Waals surface area (Å²) in [5.74, 6) is 0.996. The van der Waals surface area contributed by atoms with E-state index in [0.29, 0.717) is 11.5 Å². The van der Waals surface area contributed by atoms with E-state index in [1.54, 1.807) is 7.11 Å². The molecule has 1 fully saturated rings. The second-order valence-electron chi connectivity index (χ2n) is 6.59.